The van der Waals surface area contributed by atoms with Gasteiger partial charge in [-0.15, -0.1) is 12.4 Å². The van der Waals surface area contributed by atoms with E-state index < -0.39 is 17.7 Å². The first kappa shape index (κ1) is 15.1. The monoisotopic (exact) mass is 283 g/mol. The maximum Gasteiger partial charge on any atom is 0.262 e. The van der Waals surface area contributed by atoms with Crippen LogP contribution in [-0.2, 0) is 4.79 Å². The van der Waals surface area contributed by atoms with Gasteiger partial charge in [0.1, 0.15) is 6.54 Å². The van der Waals surface area contributed by atoms with Crippen LogP contribution in [0.4, 0.5) is 0 Å². The Morgan fingerprint density at radius 3 is 2.16 bits per heavy atom. The van der Waals surface area contributed by atoms with Crippen molar-refractivity contribution in [3.8, 4) is 0 Å². The summed E-state index contributed by atoms with van der Waals surface area (Å²) in [6.07, 6.45) is 0. The lowest BCUT2D eigenvalue weighted by Gasteiger charge is -2.13. The Balaban J connectivity index is 0.00000180. The average Bonchev–Trinajstić information content (AvgIpc) is 2.62. The summed E-state index contributed by atoms with van der Waals surface area (Å²) in [5.74, 6) is -1.26. The van der Waals surface area contributed by atoms with Crippen molar-refractivity contribution in [3.05, 3.63) is 35.4 Å². The van der Waals surface area contributed by atoms with E-state index in [0.717, 1.165) is 4.90 Å². The van der Waals surface area contributed by atoms with Crippen molar-refractivity contribution in [2.45, 2.75) is 0 Å². The highest BCUT2D eigenvalue weighted by atomic mass is 35.5. The predicted molar refractivity (Wildman–Crippen MR) is 71.1 cm³/mol. The zero-order chi connectivity index (χ0) is 13.1. The second kappa shape index (κ2) is 6.31. The minimum atomic E-state index is -0.432. The maximum absolute atomic E-state index is 11.9. The van der Waals surface area contributed by atoms with Crippen molar-refractivity contribution in [3.63, 3.8) is 0 Å². The van der Waals surface area contributed by atoms with Crippen LogP contribution in [0.1, 0.15) is 20.7 Å². The number of halogens is 1. The number of imide groups is 1. The van der Waals surface area contributed by atoms with Gasteiger partial charge in [0.15, 0.2) is 0 Å². The molecule has 0 saturated heterocycles. The van der Waals surface area contributed by atoms with E-state index in [1.165, 1.54) is 0 Å². The van der Waals surface area contributed by atoms with Crippen molar-refractivity contribution < 1.29 is 14.4 Å². The molecule has 102 valence electrons. The molecule has 1 aliphatic rings. The van der Waals surface area contributed by atoms with Crippen LogP contribution in [0.15, 0.2) is 24.3 Å². The van der Waals surface area contributed by atoms with Crippen LogP contribution in [0.3, 0.4) is 0 Å². The molecule has 7 heteroatoms. The number of carbonyl (C=O) groups is 3. The van der Waals surface area contributed by atoms with Gasteiger partial charge in [0.05, 0.1) is 11.1 Å². The SMILES string of the molecule is Cl.NCCNC(=O)CN1C(=O)c2ccccc2C1=O. The third-order valence-corrected chi connectivity index (χ3v) is 2.65. The van der Waals surface area contributed by atoms with Crippen molar-refractivity contribution in [1.29, 1.82) is 0 Å². The van der Waals surface area contributed by atoms with Crippen LogP contribution in [0.25, 0.3) is 0 Å². The summed E-state index contributed by atoms with van der Waals surface area (Å²) in [6, 6.07) is 6.52. The van der Waals surface area contributed by atoms with Crippen LogP contribution in [0, 0.1) is 0 Å². The zero-order valence-electron chi connectivity index (χ0n) is 10.1. The minimum Gasteiger partial charge on any atom is -0.353 e. The molecule has 19 heavy (non-hydrogen) atoms. The molecule has 0 radical (unpaired) electrons. The number of fused-ring (bicyclic) bond motifs is 1. The van der Waals surface area contributed by atoms with Crippen LogP contribution >= 0.6 is 12.4 Å². The number of benzene rings is 1. The highest BCUT2D eigenvalue weighted by Gasteiger charge is 2.35. The second-order valence-corrected chi connectivity index (χ2v) is 3.88. The Bertz CT molecular complexity index is 484. The molecule has 1 aliphatic heterocycles. The van der Waals surface area contributed by atoms with Crippen molar-refractivity contribution in [2.75, 3.05) is 19.6 Å². The average molecular weight is 284 g/mol. The number of carbonyl (C=O) groups excluding carboxylic acids is 3. The van der Waals surface area contributed by atoms with Crippen molar-refractivity contribution in [2.24, 2.45) is 5.73 Å². The molecule has 0 saturated carbocycles. The number of nitrogens with one attached hydrogen (secondary N) is 1. The molecule has 0 aliphatic carbocycles. The van der Waals surface area contributed by atoms with E-state index in [4.69, 9.17) is 5.73 Å². The Hall–Kier alpha value is -1.92. The quantitative estimate of drug-likeness (QED) is 0.747. The Morgan fingerprint density at radius 1 is 1.16 bits per heavy atom. The van der Waals surface area contributed by atoms with E-state index in [2.05, 4.69) is 5.32 Å². The van der Waals surface area contributed by atoms with Gasteiger partial charge < -0.3 is 11.1 Å². The Morgan fingerprint density at radius 2 is 1.68 bits per heavy atom. The fourth-order valence-corrected chi connectivity index (χ4v) is 1.79. The molecule has 0 atom stereocenters. The highest BCUT2D eigenvalue weighted by molar-refractivity contribution is 6.22. The van der Waals surface area contributed by atoms with Gasteiger partial charge in [-0.05, 0) is 12.1 Å². The molecule has 0 spiro atoms. The normalized spacial score (nSPS) is 13.0. The first-order valence-corrected chi connectivity index (χ1v) is 5.57. The summed E-state index contributed by atoms with van der Waals surface area (Å²) in [5.41, 5.74) is 5.93. The first-order valence-electron chi connectivity index (χ1n) is 5.57. The zero-order valence-corrected chi connectivity index (χ0v) is 10.9. The van der Waals surface area contributed by atoms with E-state index in [1.807, 2.05) is 0 Å². The lowest BCUT2D eigenvalue weighted by Crippen LogP contribution is -2.41. The highest BCUT2D eigenvalue weighted by Crippen LogP contribution is 2.21. The molecule has 0 fully saturated rings. The van der Waals surface area contributed by atoms with Crippen LogP contribution in [0.5, 0.6) is 0 Å². The fraction of sp³-hybridized carbons (Fsp3) is 0.250. The van der Waals surface area contributed by atoms with Crippen LogP contribution in [0.2, 0.25) is 0 Å². The van der Waals surface area contributed by atoms with Gasteiger partial charge in [0.25, 0.3) is 11.8 Å². The second-order valence-electron chi connectivity index (χ2n) is 3.88. The van der Waals surface area contributed by atoms with E-state index in [-0.39, 0.29) is 19.0 Å². The van der Waals surface area contributed by atoms with E-state index in [9.17, 15) is 14.4 Å². The number of amides is 3. The van der Waals surface area contributed by atoms with Gasteiger partial charge in [0.2, 0.25) is 5.91 Å². The molecule has 6 nitrogen and oxygen atoms in total. The molecule has 0 bridgehead atoms. The van der Waals surface area contributed by atoms with Gasteiger partial charge >= 0.3 is 0 Å². The molecule has 1 aromatic carbocycles. The minimum absolute atomic E-state index is 0. The lowest BCUT2D eigenvalue weighted by atomic mass is 10.1. The fourth-order valence-electron chi connectivity index (χ4n) is 1.79. The standard InChI is InChI=1S/C12H13N3O3.ClH/c13-5-6-14-10(16)7-15-11(17)8-3-1-2-4-9(8)12(15)18;/h1-4H,5-7,13H2,(H,14,16);1H. The van der Waals surface area contributed by atoms with Crippen molar-refractivity contribution >= 4 is 30.1 Å². The molecular weight excluding hydrogens is 270 g/mol. The van der Waals surface area contributed by atoms with Crippen LogP contribution < -0.4 is 11.1 Å². The summed E-state index contributed by atoms with van der Waals surface area (Å²) in [5, 5.41) is 2.52. The van der Waals surface area contributed by atoms with E-state index >= 15 is 0 Å². The Kier molecular flexibility index (Phi) is 5.02. The molecule has 0 unspecified atom stereocenters. The van der Waals surface area contributed by atoms with Gasteiger partial charge in [-0.25, -0.2) is 0 Å². The Labute approximate surface area is 116 Å². The summed E-state index contributed by atoms with van der Waals surface area (Å²) in [6.45, 7) is 0.363. The summed E-state index contributed by atoms with van der Waals surface area (Å²) < 4.78 is 0. The summed E-state index contributed by atoms with van der Waals surface area (Å²) in [4.78, 5) is 36.3. The van der Waals surface area contributed by atoms with Crippen LogP contribution in [-0.4, -0.2) is 42.3 Å². The van der Waals surface area contributed by atoms with E-state index in [1.54, 1.807) is 24.3 Å². The van der Waals surface area contributed by atoms with Gasteiger partial charge in [-0.2, -0.15) is 0 Å². The lowest BCUT2D eigenvalue weighted by molar-refractivity contribution is -0.121. The largest absolute Gasteiger partial charge is 0.353 e. The van der Waals surface area contributed by atoms with Gasteiger partial charge in [-0.1, -0.05) is 12.1 Å². The maximum atomic E-state index is 11.9. The number of hydrogen-bond acceptors (Lipinski definition) is 4. The molecule has 3 N–H and O–H groups in total. The number of rotatable bonds is 4. The molecular formula is C12H14ClN3O3. The number of nitrogens with two attached hydrogens (primary N) is 1. The number of nitrogens with zero attached hydrogens (tertiary/aromatic N) is 1. The molecule has 2 rings (SSSR count). The van der Waals surface area contributed by atoms with Gasteiger partial charge in [0, 0.05) is 13.1 Å². The third kappa shape index (κ3) is 2.91. The first-order chi connectivity index (χ1) is 8.65. The number of hydrogen-bond donors (Lipinski definition) is 2. The molecule has 1 heterocycles. The topological polar surface area (TPSA) is 92.5 Å². The van der Waals surface area contributed by atoms with Gasteiger partial charge in [-0.3, -0.25) is 19.3 Å². The molecule has 1 aromatic rings. The smallest absolute Gasteiger partial charge is 0.262 e. The summed E-state index contributed by atoms with van der Waals surface area (Å²) in [7, 11) is 0. The molecule has 0 aromatic heterocycles. The predicted octanol–water partition coefficient (Wildman–Crippen LogP) is -0.221. The van der Waals surface area contributed by atoms with Crippen molar-refractivity contribution in [1.82, 2.24) is 10.2 Å². The third-order valence-electron chi connectivity index (χ3n) is 2.65. The molecule has 3 amide bonds. The summed E-state index contributed by atoms with van der Waals surface area (Å²) >= 11 is 0. The van der Waals surface area contributed by atoms with E-state index in [0.29, 0.717) is 24.2 Å².